The molecule has 0 aliphatic rings. The standard InChI is InChI=1S/C19H34N2O2/c1-2-3-4-5-6-7-8-9-10-12-16-13-11-14-18(21-16)19(23)17(20)15-22/h11,13-14,17,19,22-23H,2-10,12,15,20H2,1H3/t17-,19-/m0/s1. The van der Waals surface area contributed by atoms with Gasteiger partial charge in [-0.05, 0) is 25.0 Å². The molecule has 0 aliphatic heterocycles. The number of hydrogen-bond acceptors (Lipinski definition) is 4. The molecular formula is C19H34N2O2. The Kier molecular flexibility index (Phi) is 10.9. The minimum atomic E-state index is -0.900. The van der Waals surface area contributed by atoms with Crippen LogP contribution in [0.25, 0.3) is 0 Å². The Bertz CT molecular complexity index is 412. The molecule has 0 aliphatic carbocycles. The fourth-order valence-electron chi connectivity index (χ4n) is 2.74. The van der Waals surface area contributed by atoms with Crippen molar-refractivity contribution in [3.63, 3.8) is 0 Å². The molecule has 1 rings (SSSR count). The van der Waals surface area contributed by atoms with Gasteiger partial charge in [0.1, 0.15) is 6.10 Å². The molecule has 1 aromatic rings. The summed E-state index contributed by atoms with van der Waals surface area (Å²) in [4.78, 5) is 4.47. The maximum absolute atomic E-state index is 10.00. The molecule has 2 atom stereocenters. The summed E-state index contributed by atoms with van der Waals surface area (Å²) in [6.45, 7) is 2.00. The lowest BCUT2D eigenvalue weighted by Gasteiger charge is -2.16. The first-order valence-corrected chi connectivity index (χ1v) is 9.19. The number of aliphatic hydroxyl groups excluding tert-OH is 2. The van der Waals surface area contributed by atoms with Crippen molar-refractivity contribution >= 4 is 0 Å². The number of aliphatic hydroxyl groups is 2. The highest BCUT2D eigenvalue weighted by molar-refractivity contribution is 5.14. The zero-order valence-electron chi connectivity index (χ0n) is 14.6. The van der Waals surface area contributed by atoms with E-state index < -0.39 is 12.1 Å². The van der Waals surface area contributed by atoms with E-state index in [-0.39, 0.29) is 6.61 Å². The van der Waals surface area contributed by atoms with Gasteiger partial charge in [0.25, 0.3) is 0 Å². The van der Waals surface area contributed by atoms with Gasteiger partial charge >= 0.3 is 0 Å². The predicted molar refractivity (Wildman–Crippen MR) is 95.2 cm³/mol. The monoisotopic (exact) mass is 322 g/mol. The van der Waals surface area contributed by atoms with E-state index >= 15 is 0 Å². The molecule has 0 saturated carbocycles. The van der Waals surface area contributed by atoms with Crippen molar-refractivity contribution in [1.29, 1.82) is 0 Å². The number of aromatic nitrogens is 1. The van der Waals surface area contributed by atoms with Crippen LogP contribution in [0.15, 0.2) is 18.2 Å². The fourth-order valence-corrected chi connectivity index (χ4v) is 2.74. The molecule has 4 nitrogen and oxygen atoms in total. The van der Waals surface area contributed by atoms with Crippen LogP contribution >= 0.6 is 0 Å². The molecule has 1 heterocycles. The normalized spacial score (nSPS) is 13.9. The SMILES string of the molecule is CCCCCCCCCCCc1cccc([C@@H](O)[C@@H](N)CO)n1. The molecule has 0 spiro atoms. The topological polar surface area (TPSA) is 79.4 Å². The maximum Gasteiger partial charge on any atom is 0.113 e. The first kappa shape index (κ1) is 20.1. The van der Waals surface area contributed by atoms with Crippen LogP contribution in [0.1, 0.15) is 82.2 Å². The number of hydrogen-bond donors (Lipinski definition) is 3. The second-order valence-corrected chi connectivity index (χ2v) is 6.42. The zero-order chi connectivity index (χ0) is 16.9. The van der Waals surface area contributed by atoms with Crippen molar-refractivity contribution < 1.29 is 10.2 Å². The Morgan fingerprint density at radius 1 is 1.00 bits per heavy atom. The Morgan fingerprint density at radius 3 is 2.22 bits per heavy atom. The highest BCUT2D eigenvalue weighted by Crippen LogP contribution is 2.15. The second kappa shape index (κ2) is 12.5. The van der Waals surface area contributed by atoms with Crippen molar-refractivity contribution in [2.75, 3.05) is 6.61 Å². The predicted octanol–water partition coefficient (Wildman–Crippen LogP) is 3.51. The molecule has 0 unspecified atom stereocenters. The molecule has 0 saturated heterocycles. The van der Waals surface area contributed by atoms with Crippen LogP contribution in [0.4, 0.5) is 0 Å². The summed E-state index contributed by atoms with van der Waals surface area (Å²) in [6.07, 6.45) is 11.8. The summed E-state index contributed by atoms with van der Waals surface area (Å²) in [5.74, 6) is 0. The highest BCUT2D eigenvalue weighted by atomic mass is 16.3. The summed E-state index contributed by atoms with van der Waals surface area (Å²) >= 11 is 0. The van der Waals surface area contributed by atoms with E-state index in [1.807, 2.05) is 12.1 Å². The molecule has 0 bridgehead atoms. The van der Waals surface area contributed by atoms with Gasteiger partial charge in [-0.2, -0.15) is 0 Å². The second-order valence-electron chi connectivity index (χ2n) is 6.42. The largest absolute Gasteiger partial charge is 0.395 e. The fraction of sp³-hybridized carbons (Fsp3) is 0.737. The van der Waals surface area contributed by atoms with Crippen LogP contribution in [0.3, 0.4) is 0 Å². The van der Waals surface area contributed by atoms with Gasteiger partial charge in [0.2, 0.25) is 0 Å². The summed E-state index contributed by atoms with van der Waals surface area (Å²) < 4.78 is 0. The van der Waals surface area contributed by atoms with Crippen LogP contribution in [-0.4, -0.2) is 27.8 Å². The van der Waals surface area contributed by atoms with Crippen molar-refractivity contribution in [2.24, 2.45) is 5.73 Å². The number of nitrogens with zero attached hydrogens (tertiary/aromatic N) is 1. The maximum atomic E-state index is 10.00. The third-order valence-electron chi connectivity index (χ3n) is 4.28. The van der Waals surface area contributed by atoms with Crippen LogP contribution < -0.4 is 5.73 Å². The molecule has 132 valence electrons. The van der Waals surface area contributed by atoms with Gasteiger partial charge in [-0.25, -0.2) is 0 Å². The number of pyridine rings is 1. The minimum absolute atomic E-state index is 0.245. The van der Waals surface area contributed by atoms with E-state index in [1.165, 1.54) is 51.4 Å². The smallest absolute Gasteiger partial charge is 0.113 e. The summed E-state index contributed by atoms with van der Waals surface area (Å²) in [5, 5.41) is 19.0. The molecule has 1 aromatic heterocycles. The quantitative estimate of drug-likeness (QED) is 0.486. The average Bonchev–Trinajstić information content (AvgIpc) is 2.59. The minimum Gasteiger partial charge on any atom is -0.395 e. The van der Waals surface area contributed by atoms with Gasteiger partial charge in [0.15, 0.2) is 0 Å². The van der Waals surface area contributed by atoms with Crippen molar-refractivity contribution in [2.45, 2.75) is 83.3 Å². The Hall–Kier alpha value is -0.970. The lowest BCUT2D eigenvalue weighted by Crippen LogP contribution is -2.32. The zero-order valence-corrected chi connectivity index (χ0v) is 14.6. The summed E-state index contributed by atoms with van der Waals surface area (Å²) in [6, 6.07) is 4.98. The molecule has 0 radical (unpaired) electrons. The Labute approximate surface area is 141 Å². The highest BCUT2D eigenvalue weighted by Gasteiger charge is 2.17. The van der Waals surface area contributed by atoms with Gasteiger partial charge in [-0.1, -0.05) is 64.4 Å². The van der Waals surface area contributed by atoms with E-state index in [9.17, 15) is 5.11 Å². The van der Waals surface area contributed by atoms with E-state index in [4.69, 9.17) is 10.8 Å². The van der Waals surface area contributed by atoms with Crippen LogP contribution in [0.2, 0.25) is 0 Å². The van der Waals surface area contributed by atoms with E-state index in [2.05, 4.69) is 11.9 Å². The van der Waals surface area contributed by atoms with Gasteiger partial charge in [-0.15, -0.1) is 0 Å². The van der Waals surface area contributed by atoms with Crippen LogP contribution in [-0.2, 0) is 6.42 Å². The lowest BCUT2D eigenvalue weighted by atomic mass is 10.0. The van der Waals surface area contributed by atoms with E-state index in [0.717, 1.165) is 18.5 Å². The number of aryl methyl sites for hydroxylation is 1. The summed E-state index contributed by atoms with van der Waals surface area (Å²) in [7, 11) is 0. The van der Waals surface area contributed by atoms with Crippen molar-refractivity contribution in [3.05, 3.63) is 29.6 Å². The first-order chi connectivity index (χ1) is 11.2. The van der Waals surface area contributed by atoms with E-state index in [0.29, 0.717) is 5.69 Å². The number of nitrogens with two attached hydrogens (primary N) is 1. The lowest BCUT2D eigenvalue weighted by molar-refractivity contribution is 0.106. The van der Waals surface area contributed by atoms with Crippen molar-refractivity contribution in [1.82, 2.24) is 4.98 Å². The molecule has 0 fully saturated rings. The van der Waals surface area contributed by atoms with Gasteiger partial charge in [-0.3, -0.25) is 4.98 Å². The summed E-state index contributed by atoms with van der Waals surface area (Å²) in [5.41, 5.74) is 7.21. The average molecular weight is 322 g/mol. The third-order valence-corrected chi connectivity index (χ3v) is 4.28. The van der Waals surface area contributed by atoms with Crippen molar-refractivity contribution in [3.8, 4) is 0 Å². The van der Waals surface area contributed by atoms with Gasteiger partial charge < -0.3 is 15.9 Å². The number of rotatable bonds is 13. The molecule has 0 amide bonds. The molecular weight excluding hydrogens is 288 g/mol. The van der Waals surface area contributed by atoms with Gasteiger partial charge in [0, 0.05) is 5.69 Å². The molecule has 0 aromatic carbocycles. The van der Waals surface area contributed by atoms with E-state index in [1.54, 1.807) is 6.07 Å². The molecule has 4 N–H and O–H groups in total. The molecule has 23 heavy (non-hydrogen) atoms. The Morgan fingerprint density at radius 2 is 1.61 bits per heavy atom. The Balaban J connectivity index is 2.20. The van der Waals surface area contributed by atoms with Crippen LogP contribution in [0, 0.1) is 0 Å². The molecule has 4 heteroatoms. The first-order valence-electron chi connectivity index (χ1n) is 9.19. The number of unbranched alkanes of at least 4 members (excludes halogenated alkanes) is 8. The third kappa shape index (κ3) is 8.45. The van der Waals surface area contributed by atoms with Gasteiger partial charge in [0.05, 0.1) is 18.3 Å². The van der Waals surface area contributed by atoms with Crippen LogP contribution in [0.5, 0.6) is 0 Å².